The fourth-order valence-corrected chi connectivity index (χ4v) is 2.75. The number of nitrogens with zero attached hydrogens (tertiary/aromatic N) is 3. The number of aryl methyl sites for hydroxylation is 2. The third-order valence-electron chi connectivity index (χ3n) is 4.00. The van der Waals surface area contributed by atoms with Gasteiger partial charge in [0.05, 0.1) is 21.6 Å². The lowest BCUT2D eigenvalue weighted by atomic mass is 10.1. The van der Waals surface area contributed by atoms with Crippen LogP contribution in [0.25, 0.3) is 0 Å². The first-order chi connectivity index (χ1) is 11.9. The Kier molecular flexibility index (Phi) is 4.59. The number of aromatic hydroxyl groups is 1. The van der Waals surface area contributed by atoms with E-state index in [9.17, 15) is 9.90 Å². The summed E-state index contributed by atoms with van der Waals surface area (Å²) >= 11 is 3.24. The number of benzene rings is 2. The van der Waals surface area contributed by atoms with Crippen LogP contribution in [0.2, 0.25) is 0 Å². The van der Waals surface area contributed by atoms with E-state index in [2.05, 4.69) is 31.6 Å². The fraction of sp³-hybridized carbons (Fsp3) is 0.167. The third kappa shape index (κ3) is 3.28. The molecule has 1 heterocycles. The Bertz CT molecular complexity index is 921. The second kappa shape index (κ2) is 6.68. The van der Waals surface area contributed by atoms with Crippen LogP contribution in [-0.4, -0.2) is 22.4 Å². The average Bonchev–Trinajstić information content (AvgIpc) is 2.86. The zero-order chi connectivity index (χ0) is 18.1. The minimum absolute atomic E-state index is 0.0258. The normalized spacial score (nSPS) is 15.7. The quantitative estimate of drug-likeness (QED) is 0.604. The highest BCUT2D eigenvalue weighted by Gasteiger charge is 2.31. The number of anilines is 2. The Labute approximate surface area is 154 Å². The number of carbonyl (C=O) groups excluding carboxylic acids is 1. The van der Waals surface area contributed by atoms with Crippen molar-refractivity contribution < 1.29 is 9.90 Å². The van der Waals surface area contributed by atoms with Crippen molar-refractivity contribution in [2.24, 2.45) is 10.2 Å². The summed E-state index contributed by atoms with van der Waals surface area (Å²) in [6, 6.07) is 10.9. The molecule has 2 aromatic carbocycles. The minimum atomic E-state index is -0.317. The van der Waals surface area contributed by atoms with Crippen LogP contribution >= 0.6 is 15.9 Å². The highest BCUT2D eigenvalue weighted by atomic mass is 79.9. The number of amides is 1. The van der Waals surface area contributed by atoms with E-state index in [1.807, 2.05) is 32.0 Å². The molecule has 1 aliphatic rings. The van der Waals surface area contributed by atoms with E-state index < -0.39 is 0 Å². The van der Waals surface area contributed by atoms with Crippen molar-refractivity contribution in [3.8, 4) is 5.75 Å². The lowest BCUT2D eigenvalue weighted by Crippen LogP contribution is -2.28. The molecule has 0 saturated heterocycles. The summed E-state index contributed by atoms with van der Waals surface area (Å²) in [6.07, 6.45) is 0. The van der Waals surface area contributed by atoms with Crippen molar-refractivity contribution in [2.75, 3.05) is 10.4 Å². The molecule has 0 fully saturated rings. The molecule has 2 N–H and O–H groups in total. The van der Waals surface area contributed by atoms with Gasteiger partial charge in [0.1, 0.15) is 0 Å². The number of hydrogen-bond acceptors (Lipinski definition) is 5. The molecule has 25 heavy (non-hydrogen) atoms. The van der Waals surface area contributed by atoms with Gasteiger partial charge < -0.3 is 5.11 Å². The monoisotopic (exact) mass is 400 g/mol. The molecule has 0 bridgehead atoms. The Morgan fingerprint density at radius 3 is 2.64 bits per heavy atom. The van der Waals surface area contributed by atoms with E-state index >= 15 is 0 Å². The second-order valence-electron chi connectivity index (χ2n) is 5.78. The molecule has 0 unspecified atom stereocenters. The molecule has 2 aromatic rings. The highest BCUT2D eigenvalue weighted by Crippen LogP contribution is 2.31. The molecular weight excluding hydrogens is 384 g/mol. The van der Waals surface area contributed by atoms with Gasteiger partial charge in [-0.1, -0.05) is 12.1 Å². The van der Waals surface area contributed by atoms with Crippen molar-refractivity contribution in [3.63, 3.8) is 0 Å². The summed E-state index contributed by atoms with van der Waals surface area (Å²) in [5, 5.41) is 19.8. The first-order valence-corrected chi connectivity index (χ1v) is 8.46. The van der Waals surface area contributed by atoms with Crippen molar-refractivity contribution in [3.05, 3.63) is 52.0 Å². The number of phenols is 1. The number of halogens is 1. The van der Waals surface area contributed by atoms with Gasteiger partial charge in [-0.05, 0) is 72.1 Å². The van der Waals surface area contributed by atoms with Gasteiger partial charge in [0, 0.05) is 0 Å². The lowest BCUT2D eigenvalue weighted by Gasteiger charge is -2.13. The Morgan fingerprint density at radius 2 is 1.92 bits per heavy atom. The molecule has 3 rings (SSSR count). The number of hydrogen-bond donors (Lipinski definition) is 2. The number of carbonyl (C=O) groups is 1. The maximum absolute atomic E-state index is 12.7. The van der Waals surface area contributed by atoms with Gasteiger partial charge in [-0.3, -0.25) is 10.2 Å². The number of rotatable bonds is 3. The van der Waals surface area contributed by atoms with E-state index in [0.717, 1.165) is 11.1 Å². The SMILES string of the molecule is CC1=NN(c2ccc(C)c(C)c2)C(=O)C1=NNc1cccc(Br)c1O. The minimum Gasteiger partial charge on any atom is -0.505 e. The van der Waals surface area contributed by atoms with Crippen molar-refractivity contribution in [1.29, 1.82) is 0 Å². The van der Waals surface area contributed by atoms with E-state index in [-0.39, 0.29) is 17.4 Å². The summed E-state index contributed by atoms with van der Waals surface area (Å²) < 4.78 is 0.539. The van der Waals surface area contributed by atoms with E-state index in [1.165, 1.54) is 5.01 Å². The first kappa shape index (κ1) is 17.2. The van der Waals surface area contributed by atoms with Gasteiger partial charge in [-0.2, -0.15) is 15.2 Å². The molecule has 0 aliphatic carbocycles. The van der Waals surface area contributed by atoms with Crippen LogP contribution in [0, 0.1) is 13.8 Å². The van der Waals surface area contributed by atoms with E-state index in [0.29, 0.717) is 21.6 Å². The van der Waals surface area contributed by atoms with Gasteiger partial charge in [0.2, 0.25) is 0 Å². The highest BCUT2D eigenvalue weighted by molar-refractivity contribution is 9.10. The average molecular weight is 401 g/mol. The van der Waals surface area contributed by atoms with Crippen LogP contribution in [0.4, 0.5) is 11.4 Å². The maximum atomic E-state index is 12.7. The molecule has 6 nitrogen and oxygen atoms in total. The van der Waals surface area contributed by atoms with Crippen molar-refractivity contribution in [2.45, 2.75) is 20.8 Å². The largest absolute Gasteiger partial charge is 0.505 e. The lowest BCUT2D eigenvalue weighted by molar-refractivity contribution is -0.112. The predicted octanol–water partition coefficient (Wildman–Crippen LogP) is 3.96. The first-order valence-electron chi connectivity index (χ1n) is 7.67. The van der Waals surface area contributed by atoms with Crippen molar-refractivity contribution >= 4 is 44.6 Å². The zero-order valence-corrected chi connectivity index (χ0v) is 15.6. The fourth-order valence-electron chi connectivity index (χ4n) is 2.38. The van der Waals surface area contributed by atoms with Crippen LogP contribution in [0.15, 0.2) is 51.1 Å². The molecule has 0 radical (unpaired) electrons. The predicted molar refractivity (Wildman–Crippen MR) is 103 cm³/mol. The molecular formula is C18H17BrN4O2. The summed E-state index contributed by atoms with van der Waals surface area (Å²) in [7, 11) is 0. The standard InChI is InChI=1S/C18H17BrN4O2/c1-10-7-8-13(9-11(10)2)23-18(25)16(12(3)22-23)21-20-15-6-4-5-14(19)17(15)24/h4-9,20,24H,1-3H3. The van der Waals surface area contributed by atoms with E-state index in [1.54, 1.807) is 25.1 Å². The van der Waals surface area contributed by atoms with Crippen LogP contribution in [0.3, 0.4) is 0 Å². The molecule has 0 saturated carbocycles. The summed E-state index contributed by atoms with van der Waals surface area (Å²) in [5.74, 6) is -0.291. The second-order valence-corrected chi connectivity index (χ2v) is 6.63. The van der Waals surface area contributed by atoms with Gasteiger partial charge >= 0.3 is 5.91 Å². The zero-order valence-electron chi connectivity index (χ0n) is 14.0. The topological polar surface area (TPSA) is 77.3 Å². The Balaban J connectivity index is 1.87. The molecule has 128 valence electrons. The Hall–Kier alpha value is -2.67. The summed E-state index contributed by atoms with van der Waals surface area (Å²) in [4.78, 5) is 12.7. The molecule has 1 aliphatic heterocycles. The molecule has 1 amide bonds. The molecule has 7 heteroatoms. The smallest absolute Gasteiger partial charge is 0.301 e. The number of hydrazone groups is 2. The number of para-hydroxylation sites is 1. The van der Waals surface area contributed by atoms with Gasteiger partial charge in [-0.15, -0.1) is 0 Å². The van der Waals surface area contributed by atoms with Gasteiger partial charge in [0.15, 0.2) is 11.5 Å². The van der Waals surface area contributed by atoms with Crippen LogP contribution in [-0.2, 0) is 4.79 Å². The van der Waals surface area contributed by atoms with E-state index in [4.69, 9.17) is 0 Å². The third-order valence-corrected chi connectivity index (χ3v) is 4.64. The van der Waals surface area contributed by atoms with Crippen molar-refractivity contribution in [1.82, 2.24) is 0 Å². The Morgan fingerprint density at radius 1 is 1.16 bits per heavy atom. The van der Waals surface area contributed by atoms with Crippen LogP contribution in [0.5, 0.6) is 5.75 Å². The van der Waals surface area contributed by atoms with Gasteiger partial charge in [0.25, 0.3) is 0 Å². The maximum Gasteiger partial charge on any atom is 0.301 e. The van der Waals surface area contributed by atoms with Gasteiger partial charge in [-0.25, -0.2) is 0 Å². The molecule has 0 atom stereocenters. The number of phenolic OH excluding ortho intramolecular Hbond substituents is 1. The molecule has 0 spiro atoms. The number of nitrogens with one attached hydrogen (secondary N) is 1. The summed E-state index contributed by atoms with van der Waals surface area (Å²) in [6.45, 7) is 5.73. The summed E-state index contributed by atoms with van der Waals surface area (Å²) in [5.41, 5.74) is 6.77. The van der Waals surface area contributed by atoms with Crippen LogP contribution in [0.1, 0.15) is 18.1 Å². The van der Waals surface area contributed by atoms with Crippen LogP contribution < -0.4 is 10.4 Å². The molecule has 0 aromatic heterocycles.